The van der Waals surface area contributed by atoms with Crippen molar-refractivity contribution in [3.05, 3.63) is 74.8 Å². The highest BCUT2D eigenvalue weighted by molar-refractivity contribution is 6.42. The largest absolute Gasteiger partial charge is 0.305 e. The minimum absolute atomic E-state index is 0.0542. The van der Waals surface area contributed by atoms with Gasteiger partial charge >= 0.3 is 0 Å². The van der Waals surface area contributed by atoms with Crippen LogP contribution in [0, 0.1) is 13.8 Å². The van der Waals surface area contributed by atoms with Crippen molar-refractivity contribution in [3.8, 4) is 0 Å². The molecule has 0 saturated carbocycles. The van der Waals surface area contributed by atoms with E-state index in [2.05, 4.69) is 10.1 Å². The number of carbonyl (C=O) groups excluding carboxylic acids is 2. The second kappa shape index (κ2) is 7.85. The molecule has 0 spiro atoms. The molecule has 3 aromatic rings. The first-order valence-corrected chi connectivity index (χ1v) is 10.3. The van der Waals surface area contributed by atoms with Gasteiger partial charge < -0.3 is 4.90 Å². The molecular formula is C22H20Cl2N4O2. The van der Waals surface area contributed by atoms with Crippen LogP contribution in [-0.4, -0.2) is 33.0 Å². The summed E-state index contributed by atoms with van der Waals surface area (Å²) < 4.78 is 1.70. The third-order valence-electron chi connectivity index (χ3n) is 5.15. The molecule has 1 aliphatic heterocycles. The number of Topliss-reactive ketones (excluding diaryl/α,β-unsaturated/α-hetero) is 1. The third kappa shape index (κ3) is 3.73. The molecule has 1 atom stereocenters. The average molecular weight is 443 g/mol. The zero-order valence-electron chi connectivity index (χ0n) is 16.8. The summed E-state index contributed by atoms with van der Waals surface area (Å²) in [4.78, 5) is 32.2. The first kappa shape index (κ1) is 20.6. The summed E-state index contributed by atoms with van der Waals surface area (Å²) in [5, 5.41) is 5.20. The number of ketones is 1. The highest BCUT2D eigenvalue weighted by Crippen LogP contribution is 2.32. The van der Waals surface area contributed by atoms with Crippen molar-refractivity contribution in [2.45, 2.75) is 33.2 Å². The minimum Gasteiger partial charge on any atom is -0.305 e. The second-order valence-electron chi connectivity index (χ2n) is 7.56. The SMILES string of the molecule is Cc1cc(C(=O)Cc2cnn3c2C(=O)N(c2ccc(Cl)c(Cl)c2)C[C@@H]3C)cc(C)n1. The zero-order chi connectivity index (χ0) is 21.6. The maximum atomic E-state index is 13.3. The van der Waals surface area contributed by atoms with Gasteiger partial charge in [-0.2, -0.15) is 5.10 Å². The number of aryl methyl sites for hydroxylation is 2. The van der Waals surface area contributed by atoms with Crippen LogP contribution in [0.25, 0.3) is 0 Å². The Morgan fingerprint density at radius 2 is 1.83 bits per heavy atom. The van der Waals surface area contributed by atoms with Crippen LogP contribution >= 0.6 is 23.2 Å². The minimum atomic E-state index is -0.214. The van der Waals surface area contributed by atoms with Crippen LogP contribution in [0.4, 0.5) is 5.69 Å². The van der Waals surface area contributed by atoms with E-state index in [1.54, 1.807) is 46.1 Å². The number of carbonyl (C=O) groups is 2. The number of fused-ring (bicyclic) bond motifs is 1. The molecule has 0 unspecified atom stereocenters. The van der Waals surface area contributed by atoms with E-state index in [4.69, 9.17) is 23.2 Å². The van der Waals surface area contributed by atoms with Gasteiger partial charge in [0.1, 0.15) is 5.69 Å². The van der Waals surface area contributed by atoms with Crippen LogP contribution in [0.5, 0.6) is 0 Å². The quantitative estimate of drug-likeness (QED) is 0.541. The Morgan fingerprint density at radius 1 is 1.13 bits per heavy atom. The average Bonchev–Trinajstić information content (AvgIpc) is 3.10. The van der Waals surface area contributed by atoms with Crippen LogP contribution in [0.3, 0.4) is 0 Å². The van der Waals surface area contributed by atoms with Gasteiger partial charge in [0.25, 0.3) is 5.91 Å². The lowest BCUT2D eigenvalue weighted by Gasteiger charge is -2.32. The number of amides is 1. The maximum Gasteiger partial charge on any atom is 0.276 e. The lowest BCUT2D eigenvalue weighted by Crippen LogP contribution is -2.43. The van der Waals surface area contributed by atoms with Crippen LogP contribution in [0.2, 0.25) is 10.0 Å². The number of pyridine rings is 1. The van der Waals surface area contributed by atoms with E-state index < -0.39 is 0 Å². The molecule has 0 saturated heterocycles. The molecule has 4 rings (SSSR count). The first-order valence-electron chi connectivity index (χ1n) is 9.56. The fourth-order valence-electron chi connectivity index (χ4n) is 3.80. The van der Waals surface area contributed by atoms with Crippen molar-refractivity contribution in [2.75, 3.05) is 11.4 Å². The van der Waals surface area contributed by atoms with E-state index in [1.165, 1.54) is 0 Å². The topological polar surface area (TPSA) is 68.1 Å². The monoisotopic (exact) mass is 442 g/mol. The summed E-state index contributed by atoms with van der Waals surface area (Å²) in [7, 11) is 0. The Labute approximate surface area is 184 Å². The van der Waals surface area contributed by atoms with Gasteiger partial charge in [0, 0.05) is 41.2 Å². The van der Waals surface area contributed by atoms with Gasteiger partial charge in [0.2, 0.25) is 0 Å². The van der Waals surface area contributed by atoms with Crippen LogP contribution in [0.15, 0.2) is 36.5 Å². The van der Waals surface area contributed by atoms with E-state index in [1.807, 2.05) is 20.8 Å². The van der Waals surface area contributed by atoms with Crippen molar-refractivity contribution >= 4 is 40.6 Å². The molecule has 154 valence electrons. The van der Waals surface area contributed by atoms with Crippen molar-refractivity contribution in [3.63, 3.8) is 0 Å². The van der Waals surface area contributed by atoms with Gasteiger partial charge in [-0.1, -0.05) is 23.2 Å². The fourth-order valence-corrected chi connectivity index (χ4v) is 4.09. The second-order valence-corrected chi connectivity index (χ2v) is 8.38. The number of rotatable bonds is 4. The third-order valence-corrected chi connectivity index (χ3v) is 5.89. The molecule has 0 fully saturated rings. The number of aromatic nitrogens is 3. The van der Waals surface area contributed by atoms with Gasteiger partial charge in [0.05, 0.1) is 22.3 Å². The van der Waals surface area contributed by atoms with E-state index >= 15 is 0 Å². The van der Waals surface area contributed by atoms with Crippen molar-refractivity contribution in [2.24, 2.45) is 0 Å². The first-order chi connectivity index (χ1) is 14.2. The smallest absolute Gasteiger partial charge is 0.276 e. The van der Waals surface area contributed by atoms with E-state index in [-0.39, 0.29) is 24.2 Å². The Bertz CT molecular complexity index is 1150. The highest BCUT2D eigenvalue weighted by Gasteiger charge is 2.34. The molecule has 0 bridgehead atoms. The molecule has 1 aromatic carbocycles. The maximum absolute atomic E-state index is 13.3. The summed E-state index contributed by atoms with van der Waals surface area (Å²) >= 11 is 12.2. The molecule has 1 aliphatic rings. The lowest BCUT2D eigenvalue weighted by molar-refractivity contribution is 0.0951. The summed E-state index contributed by atoms with van der Waals surface area (Å²) in [5.41, 5.74) is 3.84. The molecule has 2 aromatic heterocycles. The Kier molecular flexibility index (Phi) is 5.38. The molecule has 0 radical (unpaired) electrons. The fraction of sp³-hybridized carbons (Fsp3) is 0.273. The molecular weight excluding hydrogens is 423 g/mol. The summed E-state index contributed by atoms with van der Waals surface area (Å²) in [6.45, 7) is 6.13. The highest BCUT2D eigenvalue weighted by atomic mass is 35.5. The number of hydrogen-bond acceptors (Lipinski definition) is 4. The Morgan fingerprint density at radius 3 is 2.50 bits per heavy atom. The number of anilines is 1. The standard InChI is InChI=1S/C22H20Cl2N4O2/c1-12-6-15(7-13(2)26-12)20(29)8-16-10-25-28-14(3)11-27(22(30)21(16)28)17-4-5-18(23)19(24)9-17/h4-7,9-10,14H,8,11H2,1-3H3/t14-/m0/s1. The number of nitrogens with zero attached hydrogens (tertiary/aromatic N) is 4. The molecule has 0 aliphatic carbocycles. The number of hydrogen-bond donors (Lipinski definition) is 0. The summed E-state index contributed by atoms with van der Waals surface area (Å²) in [5.74, 6) is -0.291. The molecule has 1 amide bonds. The van der Waals surface area contributed by atoms with Crippen LogP contribution < -0.4 is 4.90 Å². The normalized spacial score (nSPS) is 16.0. The van der Waals surface area contributed by atoms with Crippen molar-refractivity contribution < 1.29 is 9.59 Å². The molecule has 0 N–H and O–H groups in total. The van der Waals surface area contributed by atoms with Crippen LogP contribution in [0.1, 0.15) is 50.8 Å². The predicted octanol–water partition coefficient (Wildman–Crippen LogP) is 4.85. The molecule has 6 nitrogen and oxygen atoms in total. The summed E-state index contributed by atoms with van der Waals surface area (Å²) in [6.07, 6.45) is 1.70. The lowest BCUT2D eigenvalue weighted by atomic mass is 10.0. The number of halogens is 2. The van der Waals surface area contributed by atoms with Crippen molar-refractivity contribution in [1.29, 1.82) is 0 Å². The molecule has 8 heteroatoms. The Hall–Kier alpha value is -2.70. The van der Waals surface area contributed by atoms with Gasteiger partial charge in [0.15, 0.2) is 5.78 Å². The predicted molar refractivity (Wildman–Crippen MR) is 117 cm³/mol. The molecule has 30 heavy (non-hydrogen) atoms. The van der Waals surface area contributed by atoms with E-state index in [0.717, 1.165) is 11.4 Å². The molecule has 3 heterocycles. The van der Waals surface area contributed by atoms with Gasteiger partial charge in [-0.3, -0.25) is 19.3 Å². The zero-order valence-corrected chi connectivity index (χ0v) is 18.3. The number of benzene rings is 1. The van der Waals surface area contributed by atoms with E-state index in [0.29, 0.717) is 39.1 Å². The van der Waals surface area contributed by atoms with Crippen molar-refractivity contribution in [1.82, 2.24) is 14.8 Å². The summed E-state index contributed by atoms with van der Waals surface area (Å²) in [6, 6.07) is 8.57. The van der Waals surface area contributed by atoms with E-state index in [9.17, 15) is 9.59 Å². The van der Waals surface area contributed by atoms with Crippen LogP contribution in [-0.2, 0) is 6.42 Å². The Balaban J connectivity index is 1.67. The van der Waals surface area contributed by atoms with Gasteiger partial charge in [-0.05, 0) is 51.1 Å². The van der Waals surface area contributed by atoms with Gasteiger partial charge in [-0.15, -0.1) is 0 Å². The van der Waals surface area contributed by atoms with Gasteiger partial charge in [-0.25, -0.2) is 0 Å².